The Kier molecular flexibility index (Phi) is 9.61. The van der Waals surface area contributed by atoms with Crippen LogP contribution in [0.3, 0.4) is 0 Å². The fourth-order valence-electron chi connectivity index (χ4n) is 7.23. The van der Waals surface area contributed by atoms with Crippen molar-refractivity contribution in [2.45, 2.75) is 84.0 Å². The Morgan fingerprint density at radius 1 is 1.00 bits per heavy atom. The first kappa shape index (κ1) is 26.9. The van der Waals surface area contributed by atoms with E-state index in [1.54, 1.807) is 0 Å². The van der Waals surface area contributed by atoms with E-state index in [9.17, 15) is 13.6 Å². The van der Waals surface area contributed by atoms with Crippen LogP contribution < -0.4 is 9.47 Å². The zero-order valence-electron chi connectivity index (χ0n) is 21.7. The molecule has 3 nitrogen and oxygen atoms in total. The number of hydrogen-bond acceptors (Lipinski definition) is 3. The first-order valence-electron chi connectivity index (χ1n) is 14.1. The van der Waals surface area contributed by atoms with E-state index in [0.717, 1.165) is 49.1 Å². The summed E-state index contributed by atoms with van der Waals surface area (Å²) in [6.45, 7) is 5.58. The summed E-state index contributed by atoms with van der Waals surface area (Å²) in [6.07, 6.45) is 20.3. The Labute approximate surface area is 215 Å². The first-order chi connectivity index (χ1) is 17.5. The summed E-state index contributed by atoms with van der Waals surface area (Å²) >= 11 is 0. The Bertz CT molecular complexity index is 895. The highest BCUT2D eigenvalue weighted by Gasteiger charge is 2.43. The topological polar surface area (TPSA) is 35.5 Å². The van der Waals surface area contributed by atoms with E-state index in [1.807, 2.05) is 0 Å². The number of allylic oxidation sites excluding steroid dienone is 2. The van der Waals surface area contributed by atoms with Gasteiger partial charge in [0.25, 0.3) is 0 Å². The minimum absolute atomic E-state index is 0.00287. The van der Waals surface area contributed by atoms with Gasteiger partial charge in [-0.2, -0.15) is 0 Å². The number of benzene rings is 1. The predicted octanol–water partition coefficient (Wildman–Crippen LogP) is 8.43. The van der Waals surface area contributed by atoms with Crippen molar-refractivity contribution in [3.8, 4) is 11.5 Å². The van der Waals surface area contributed by atoms with E-state index < -0.39 is 17.4 Å². The number of carbonyl (C=O) groups is 1. The summed E-state index contributed by atoms with van der Waals surface area (Å²) in [4.78, 5) is 13.1. The fraction of sp³-hybridized carbons (Fsp3) is 0.645. The van der Waals surface area contributed by atoms with E-state index in [0.29, 0.717) is 11.8 Å². The zero-order valence-corrected chi connectivity index (χ0v) is 21.7. The summed E-state index contributed by atoms with van der Waals surface area (Å²) in [5.41, 5.74) is 0. The van der Waals surface area contributed by atoms with Crippen molar-refractivity contribution in [1.29, 1.82) is 0 Å². The van der Waals surface area contributed by atoms with Crippen LogP contribution in [0.1, 0.15) is 84.0 Å². The number of esters is 1. The quantitative estimate of drug-likeness (QED) is 0.194. The molecule has 0 saturated heterocycles. The molecule has 0 radical (unpaired) electrons. The predicted molar refractivity (Wildman–Crippen MR) is 139 cm³/mol. The zero-order chi connectivity index (χ0) is 25.5. The van der Waals surface area contributed by atoms with Crippen LogP contribution in [0.2, 0.25) is 0 Å². The van der Waals surface area contributed by atoms with E-state index in [-0.39, 0.29) is 24.2 Å². The van der Waals surface area contributed by atoms with Crippen molar-refractivity contribution in [3.63, 3.8) is 0 Å². The Hall–Kier alpha value is -2.17. The molecule has 0 amide bonds. The largest absolute Gasteiger partial charge is 0.483 e. The summed E-state index contributed by atoms with van der Waals surface area (Å²) in [7, 11) is 0. The molecule has 5 heteroatoms. The number of ether oxygens (including phenoxy) is 2. The number of carbonyl (C=O) groups excluding carboxylic acids is 1. The first-order valence-corrected chi connectivity index (χ1v) is 14.1. The molecular formula is C31H42F2O3. The highest BCUT2D eigenvalue weighted by molar-refractivity contribution is 5.75. The fourth-order valence-corrected chi connectivity index (χ4v) is 7.23. The third-order valence-corrected chi connectivity index (χ3v) is 9.06. The second-order valence-electron chi connectivity index (χ2n) is 11.2. The minimum Gasteiger partial charge on any atom is -0.483 e. The van der Waals surface area contributed by atoms with Gasteiger partial charge in [0.05, 0.1) is 5.92 Å². The number of fused-ring (bicyclic) bond motifs is 1. The number of halogens is 2. The van der Waals surface area contributed by atoms with Gasteiger partial charge in [-0.3, -0.25) is 4.79 Å². The molecule has 4 rings (SSSR count). The van der Waals surface area contributed by atoms with Gasteiger partial charge in [0.15, 0.2) is 17.4 Å². The van der Waals surface area contributed by atoms with Gasteiger partial charge in [0.2, 0.25) is 0 Å². The van der Waals surface area contributed by atoms with Gasteiger partial charge in [0, 0.05) is 12.1 Å². The van der Waals surface area contributed by atoms with Gasteiger partial charge in [0.1, 0.15) is 12.4 Å². The molecule has 0 heterocycles. The molecule has 3 aliphatic carbocycles. The Morgan fingerprint density at radius 2 is 1.72 bits per heavy atom. The third kappa shape index (κ3) is 6.58. The molecule has 0 bridgehead atoms. The minimum atomic E-state index is -0.877. The molecule has 3 fully saturated rings. The van der Waals surface area contributed by atoms with Crippen molar-refractivity contribution in [2.24, 2.45) is 35.5 Å². The second-order valence-corrected chi connectivity index (χ2v) is 11.2. The van der Waals surface area contributed by atoms with Gasteiger partial charge in [-0.25, -0.2) is 8.78 Å². The second kappa shape index (κ2) is 12.9. The van der Waals surface area contributed by atoms with Gasteiger partial charge in [-0.05, 0) is 87.9 Å². The van der Waals surface area contributed by atoms with E-state index in [2.05, 4.69) is 25.7 Å². The molecule has 4 unspecified atom stereocenters. The lowest BCUT2D eigenvalue weighted by atomic mass is 9.59. The van der Waals surface area contributed by atoms with Crippen LogP contribution in [0.15, 0.2) is 36.9 Å². The smallest absolute Gasteiger partial charge is 0.314 e. The summed E-state index contributed by atoms with van der Waals surface area (Å²) < 4.78 is 39.2. The summed E-state index contributed by atoms with van der Waals surface area (Å²) in [5.74, 6) is 0.540. The molecule has 0 N–H and O–H groups in total. The molecule has 4 atom stereocenters. The highest BCUT2D eigenvalue weighted by Crippen LogP contribution is 2.50. The Balaban J connectivity index is 1.31. The lowest BCUT2D eigenvalue weighted by Gasteiger charge is -2.46. The molecular weight excluding hydrogens is 458 g/mol. The normalized spacial score (nSPS) is 30.5. The maximum Gasteiger partial charge on any atom is 0.314 e. The average molecular weight is 501 g/mol. The molecule has 0 aromatic heterocycles. The van der Waals surface area contributed by atoms with Crippen LogP contribution in [0.4, 0.5) is 8.78 Å². The molecule has 1 aromatic rings. The monoisotopic (exact) mass is 500 g/mol. The molecule has 3 aliphatic rings. The molecule has 0 aliphatic heterocycles. The standard InChI is InChI=1S/C31H42F2O3/c1-3-5-6-8-21-11-13-22(14-12-21)23-15-16-26-24(18-23)9-7-10-27(26)31(34)36-25-19-28(32)30(29(33)20-25)35-17-4-2/h3-5,19-24,26-27H,2,6-18H2,1H3/b5-3+. The van der Waals surface area contributed by atoms with Gasteiger partial charge >= 0.3 is 5.97 Å². The van der Waals surface area contributed by atoms with Crippen LogP contribution in [0.25, 0.3) is 0 Å². The molecule has 198 valence electrons. The Morgan fingerprint density at radius 3 is 2.42 bits per heavy atom. The van der Waals surface area contributed by atoms with Crippen molar-refractivity contribution in [3.05, 3.63) is 48.6 Å². The number of rotatable bonds is 9. The van der Waals surface area contributed by atoms with Crippen LogP contribution in [-0.2, 0) is 4.79 Å². The SMILES string of the molecule is C=CCOc1c(F)cc(OC(=O)C2CCCC3CC(C4CCC(CC/C=C/C)CC4)CCC32)cc1F. The molecule has 0 spiro atoms. The summed E-state index contributed by atoms with van der Waals surface area (Å²) in [5, 5.41) is 0. The lowest BCUT2D eigenvalue weighted by Crippen LogP contribution is -2.40. The molecule has 1 aromatic carbocycles. The van der Waals surface area contributed by atoms with Crippen molar-refractivity contribution in [2.75, 3.05) is 6.61 Å². The van der Waals surface area contributed by atoms with E-state index in [1.165, 1.54) is 63.9 Å². The maximum absolute atomic E-state index is 14.3. The van der Waals surface area contributed by atoms with Crippen LogP contribution in [0.5, 0.6) is 11.5 Å². The lowest BCUT2D eigenvalue weighted by molar-refractivity contribution is -0.144. The highest BCUT2D eigenvalue weighted by atomic mass is 19.1. The maximum atomic E-state index is 14.3. The van der Waals surface area contributed by atoms with Gasteiger partial charge < -0.3 is 9.47 Å². The third-order valence-electron chi connectivity index (χ3n) is 9.06. The van der Waals surface area contributed by atoms with Crippen molar-refractivity contribution in [1.82, 2.24) is 0 Å². The van der Waals surface area contributed by atoms with Crippen LogP contribution in [0, 0.1) is 47.1 Å². The molecule has 3 saturated carbocycles. The van der Waals surface area contributed by atoms with Crippen molar-refractivity contribution >= 4 is 5.97 Å². The van der Waals surface area contributed by atoms with E-state index in [4.69, 9.17) is 9.47 Å². The molecule has 36 heavy (non-hydrogen) atoms. The van der Waals surface area contributed by atoms with Crippen LogP contribution in [-0.4, -0.2) is 12.6 Å². The van der Waals surface area contributed by atoms with Gasteiger partial charge in [-0.1, -0.05) is 50.5 Å². The van der Waals surface area contributed by atoms with Gasteiger partial charge in [-0.15, -0.1) is 0 Å². The average Bonchev–Trinajstić information content (AvgIpc) is 2.88. The number of hydrogen-bond donors (Lipinski definition) is 0. The summed E-state index contributed by atoms with van der Waals surface area (Å²) in [6, 6.07) is 2.07. The van der Waals surface area contributed by atoms with E-state index >= 15 is 0 Å². The van der Waals surface area contributed by atoms with Crippen LogP contribution >= 0.6 is 0 Å². The van der Waals surface area contributed by atoms with Crippen molar-refractivity contribution < 1.29 is 23.0 Å².